The first-order valence-corrected chi connectivity index (χ1v) is 11.5. The van der Waals surface area contributed by atoms with Crippen LogP contribution >= 0.6 is 22.9 Å². The maximum Gasteiger partial charge on any atom is 0.195 e. The molecule has 4 nitrogen and oxygen atoms in total. The lowest BCUT2D eigenvalue weighted by molar-refractivity contribution is 0.103. The molecule has 162 valence electrons. The number of aryl methyl sites for hydroxylation is 2. The maximum absolute atomic E-state index is 13.0. The average molecular weight is 470 g/mol. The number of thiazole rings is 1. The first kappa shape index (κ1) is 22.5. The zero-order valence-electron chi connectivity index (χ0n) is 18.1. The van der Waals surface area contributed by atoms with Crippen LogP contribution in [0.25, 0.3) is 16.8 Å². The number of hydrogen-bond donors (Lipinski definition) is 1. The molecule has 0 amide bonds. The second kappa shape index (κ2) is 9.83. The molecule has 0 unspecified atom stereocenters. The molecule has 1 N–H and O–H groups in total. The monoisotopic (exact) mass is 469 g/mol. The van der Waals surface area contributed by atoms with E-state index in [1.165, 1.54) is 16.9 Å². The Labute approximate surface area is 201 Å². The van der Waals surface area contributed by atoms with E-state index >= 15 is 0 Å². The van der Waals surface area contributed by atoms with Crippen molar-refractivity contribution in [2.45, 2.75) is 13.8 Å². The number of rotatable bonds is 6. The Balaban J connectivity index is 1.63. The van der Waals surface area contributed by atoms with Crippen LogP contribution in [0, 0.1) is 25.2 Å². The fraction of sp³-hybridized carbons (Fsp3) is 0.0741. The van der Waals surface area contributed by atoms with Crippen LogP contribution < -0.4 is 5.32 Å². The molecule has 0 spiro atoms. The number of halogens is 1. The minimum atomic E-state index is -0.154. The Morgan fingerprint density at radius 2 is 1.88 bits per heavy atom. The highest BCUT2D eigenvalue weighted by Crippen LogP contribution is 2.29. The van der Waals surface area contributed by atoms with Gasteiger partial charge in [-0.25, -0.2) is 4.98 Å². The van der Waals surface area contributed by atoms with Crippen LogP contribution in [-0.4, -0.2) is 10.8 Å². The van der Waals surface area contributed by atoms with Gasteiger partial charge in [0.25, 0.3) is 0 Å². The van der Waals surface area contributed by atoms with Crippen LogP contribution in [0.2, 0.25) is 5.02 Å². The van der Waals surface area contributed by atoms with Gasteiger partial charge in [-0.05, 0) is 37.6 Å². The van der Waals surface area contributed by atoms with Gasteiger partial charge in [-0.15, -0.1) is 11.3 Å². The topological polar surface area (TPSA) is 65.8 Å². The quantitative estimate of drug-likeness (QED) is 0.238. The Morgan fingerprint density at radius 3 is 2.61 bits per heavy atom. The normalized spacial score (nSPS) is 11.2. The predicted octanol–water partition coefficient (Wildman–Crippen LogP) is 7.29. The van der Waals surface area contributed by atoms with Crippen molar-refractivity contribution in [1.29, 1.82) is 5.26 Å². The molecule has 4 rings (SSSR count). The smallest absolute Gasteiger partial charge is 0.195 e. The van der Waals surface area contributed by atoms with E-state index in [1.807, 2.05) is 29.6 Å². The third-order valence-corrected chi connectivity index (χ3v) is 6.26. The zero-order valence-corrected chi connectivity index (χ0v) is 19.7. The molecule has 0 aliphatic carbocycles. The number of ketones is 1. The molecule has 1 heterocycles. The highest BCUT2D eigenvalue weighted by atomic mass is 35.5. The predicted molar refractivity (Wildman–Crippen MR) is 136 cm³/mol. The van der Waals surface area contributed by atoms with E-state index in [1.54, 1.807) is 36.5 Å². The van der Waals surface area contributed by atoms with Crippen molar-refractivity contribution in [3.63, 3.8) is 0 Å². The summed E-state index contributed by atoms with van der Waals surface area (Å²) < 4.78 is 0. The Bertz CT molecular complexity index is 1400. The molecule has 0 aliphatic rings. The van der Waals surface area contributed by atoms with Gasteiger partial charge < -0.3 is 5.32 Å². The standard InChI is InChI=1S/C27H20ClN3OS/c1-17-8-10-22(18(2)12-17)25-16-33-27(31-25)20(14-29)15-30-24-11-9-21(28)13-23(24)26(32)19-6-4-3-5-7-19/h3-13,15-16,30H,1-2H3/b20-15+. The molecule has 0 saturated carbocycles. The Kier molecular flexibility index (Phi) is 6.69. The number of allylic oxidation sites excluding steroid dienone is 1. The molecule has 0 saturated heterocycles. The van der Waals surface area contributed by atoms with Gasteiger partial charge in [0, 0.05) is 39.0 Å². The average Bonchev–Trinajstić information content (AvgIpc) is 3.30. The van der Waals surface area contributed by atoms with Crippen LogP contribution in [-0.2, 0) is 0 Å². The van der Waals surface area contributed by atoms with Crippen molar-refractivity contribution in [3.8, 4) is 17.3 Å². The van der Waals surface area contributed by atoms with Gasteiger partial charge in [0.15, 0.2) is 5.78 Å². The molecule has 4 aromatic rings. The van der Waals surface area contributed by atoms with Crippen molar-refractivity contribution in [2.24, 2.45) is 0 Å². The lowest BCUT2D eigenvalue weighted by atomic mass is 10.0. The van der Waals surface area contributed by atoms with E-state index in [-0.39, 0.29) is 5.78 Å². The summed E-state index contributed by atoms with van der Waals surface area (Å²) in [7, 11) is 0. The largest absolute Gasteiger partial charge is 0.360 e. The number of nitrogens with one attached hydrogen (secondary N) is 1. The van der Waals surface area contributed by atoms with Crippen LogP contribution in [0.15, 0.2) is 78.3 Å². The van der Waals surface area contributed by atoms with Crippen molar-refractivity contribution >= 4 is 40.0 Å². The first-order valence-electron chi connectivity index (χ1n) is 10.3. The number of benzene rings is 3. The summed E-state index contributed by atoms with van der Waals surface area (Å²) in [5, 5.41) is 15.9. The van der Waals surface area contributed by atoms with Gasteiger partial charge in [-0.1, -0.05) is 65.7 Å². The van der Waals surface area contributed by atoms with Crippen LogP contribution in [0.1, 0.15) is 32.1 Å². The SMILES string of the molecule is Cc1ccc(-c2csc(/C(C#N)=C/Nc3ccc(Cl)cc3C(=O)c3ccccc3)n2)c(C)c1. The minimum Gasteiger partial charge on any atom is -0.360 e. The second-order valence-electron chi connectivity index (χ2n) is 7.56. The molecule has 3 aromatic carbocycles. The van der Waals surface area contributed by atoms with E-state index < -0.39 is 0 Å². The summed E-state index contributed by atoms with van der Waals surface area (Å²) in [4.78, 5) is 17.7. The van der Waals surface area contributed by atoms with Crippen molar-refractivity contribution < 1.29 is 4.79 Å². The summed E-state index contributed by atoms with van der Waals surface area (Å²) in [6, 6.07) is 22.5. The fourth-order valence-corrected chi connectivity index (χ4v) is 4.45. The molecule has 0 aliphatic heterocycles. The summed E-state index contributed by atoms with van der Waals surface area (Å²) in [6.07, 6.45) is 1.58. The van der Waals surface area contributed by atoms with Crippen molar-refractivity contribution in [1.82, 2.24) is 4.98 Å². The van der Waals surface area contributed by atoms with E-state index in [9.17, 15) is 10.1 Å². The number of carbonyl (C=O) groups is 1. The molecular formula is C27H20ClN3OS. The van der Waals surface area contributed by atoms with Crippen LogP contribution in [0.4, 0.5) is 5.69 Å². The Morgan fingerprint density at radius 1 is 1.09 bits per heavy atom. The summed E-state index contributed by atoms with van der Waals surface area (Å²) in [5.74, 6) is -0.154. The first-order chi connectivity index (χ1) is 16.0. The molecular weight excluding hydrogens is 450 g/mol. The van der Waals surface area contributed by atoms with Gasteiger partial charge in [0.2, 0.25) is 0 Å². The lowest BCUT2D eigenvalue weighted by Crippen LogP contribution is -2.05. The molecule has 0 atom stereocenters. The number of anilines is 1. The molecule has 1 aromatic heterocycles. The summed E-state index contributed by atoms with van der Waals surface area (Å²) in [6.45, 7) is 4.11. The molecule has 0 bridgehead atoms. The number of carbonyl (C=O) groups excluding carboxylic acids is 1. The summed E-state index contributed by atoms with van der Waals surface area (Å²) in [5.41, 5.74) is 6.14. The van der Waals surface area contributed by atoms with Gasteiger partial charge in [-0.3, -0.25) is 4.79 Å². The summed E-state index contributed by atoms with van der Waals surface area (Å²) >= 11 is 7.57. The highest BCUT2D eigenvalue weighted by molar-refractivity contribution is 7.11. The molecule has 0 fully saturated rings. The number of hydrogen-bond acceptors (Lipinski definition) is 5. The van der Waals surface area contributed by atoms with Gasteiger partial charge in [0.1, 0.15) is 16.6 Å². The fourth-order valence-electron chi connectivity index (χ4n) is 3.49. The highest BCUT2D eigenvalue weighted by Gasteiger charge is 2.15. The van der Waals surface area contributed by atoms with Crippen molar-refractivity contribution in [3.05, 3.63) is 111 Å². The Hall–Kier alpha value is -3.72. The third-order valence-electron chi connectivity index (χ3n) is 5.15. The number of nitriles is 1. The van der Waals surface area contributed by atoms with E-state index in [0.717, 1.165) is 16.8 Å². The number of aromatic nitrogens is 1. The van der Waals surface area contributed by atoms with E-state index in [4.69, 9.17) is 11.6 Å². The van der Waals surface area contributed by atoms with Crippen LogP contribution in [0.3, 0.4) is 0 Å². The van der Waals surface area contributed by atoms with Crippen LogP contribution in [0.5, 0.6) is 0 Å². The maximum atomic E-state index is 13.0. The number of nitrogens with zero attached hydrogens (tertiary/aromatic N) is 2. The molecule has 6 heteroatoms. The van der Waals surface area contributed by atoms with Gasteiger partial charge in [0.05, 0.1) is 5.69 Å². The third kappa shape index (κ3) is 5.04. The van der Waals surface area contributed by atoms with Gasteiger partial charge in [-0.2, -0.15) is 5.26 Å². The van der Waals surface area contributed by atoms with Gasteiger partial charge >= 0.3 is 0 Å². The van der Waals surface area contributed by atoms with E-state index in [2.05, 4.69) is 42.4 Å². The zero-order chi connectivity index (χ0) is 23.4. The molecule has 0 radical (unpaired) electrons. The van der Waals surface area contributed by atoms with E-state index in [0.29, 0.717) is 32.4 Å². The minimum absolute atomic E-state index is 0.154. The van der Waals surface area contributed by atoms with Crippen molar-refractivity contribution in [2.75, 3.05) is 5.32 Å². The second-order valence-corrected chi connectivity index (χ2v) is 8.85. The lowest BCUT2D eigenvalue weighted by Gasteiger charge is -2.10. The molecule has 33 heavy (non-hydrogen) atoms.